The third-order valence-electron chi connectivity index (χ3n) is 1.60. The van der Waals surface area contributed by atoms with Crippen molar-refractivity contribution in [2.24, 2.45) is 0 Å². The Hall–Kier alpha value is -0.980. The molecule has 0 aromatic rings. The van der Waals surface area contributed by atoms with Crippen molar-refractivity contribution in [2.45, 2.75) is 34.1 Å². The maximum atomic E-state index is 3.79. The van der Waals surface area contributed by atoms with Crippen LogP contribution in [0.3, 0.4) is 0 Å². The van der Waals surface area contributed by atoms with Gasteiger partial charge in [-0.05, 0) is 19.4 Å². The smallest absolute Gasteiger partial charge is 0.0264 e. The molecule has 0 saturated carbocycles. The number of rotatable bonds is 4. The minimum Gasteiger partial charge on any atom is -0.389 e. The van der Waals surface area contributed by atoms with Gasteiger partial charge in [0.25, 0.3) is 0 Å². The number of hydrogen-bond donors (Lipinski definition) is 1. The van der Waals surface area contributed by atoms with E-state index in [1.807, 2.05) is 33.9 Å². The van der Waals surface area contributed by atoms with Crippen LogP contribution in [0.1, 0.15) is 34.1 Å². The summed E-state index contributed by atoms with van der Waals surface area (Å²) in [6.07, 6.45) is 7.25. The summed E-state index contributed by atoms with van der Waals surface area (Å²) in [6.45, 7) is 12.0. The normalized spacial score (nSPS) is 10.7. The highest BCUT2D eigenvalue weighted by Crippen LogP contribution is 2.02. The van der Waals surface area contributed by atoms with E-state index in [9.17, 15) is 0 Å². The van der Waals surface area contributed by atoms with Crippen molar-refractivity contribution in [3.63, 3.8) is 0 Å². The Morgan fingerprint density at radius 3 is 2.15 bits per heavy atom. The third kappa shape index (κ3) is 8.93. The van der Waals surface area contributed by atoms with E-state index < -0.39 is 0 Å². The Bertz CT molecular complexity index is 176. The second-order valence-corrected chi connectivity index (χ2v) is 2.33. The van der Waals surface area contributed by atoms with Crippen LogP contribution >= 0.6 is 0 Å². The molecule has 0 aromatic carbocycles. The lowest BCUT2D eigenvalue weighted by molar-refractivity contribution is 1.04. The summed E-state index contributed by atoms with van der Waals surface area (Å²) in [7, 11) is 1.87. The van der Waals surface area contributed by atoms with Gasteiger partial charge < -0.3 is 5.32 Å². The second-order valence-electron chi connectivity index (χ2n) is 2.33. The standard InChI is InChI=1S/C10H17N.C2H6/c1-5-10(6-2)8-7-9(3)11-4;1-2/h5,7-8,11H,3,6H2,1-2,4H3;1-2H3/b8-7-,10-5-;. The molecule has 0 saturated heterocycles. The molecule has 76 valence electrons. The summed E-state index contributed by atoms with van der Waals surface area (Å²) in [5.74, 6) is 0. The lowest BCUT2D eigenvalue weighted by Crippen LogP contribution is -2.00. The maximum absolute atomic E-state index is 3.79. The Kier molecular flexibility index (Phi) is 12.3. The second kappa shape index (κ2) is 11.0. The molecule has 0 aliphatic rings. The van der Waals surface area contributed by atoms with Crippen molar-refractivity contribution in [2.75, 3.05) is 7.05 Å². The van der Waals surface area contributed by atoms with Gasteiger partial charge in [-0.2, -0.15) is 0 Å². The van der Waals surface area contributed by atoms with Crippen molar-refractivity contribution in [3.8, 4) is 0 Å². The van der Waals surface area contributed by atoms with E-state index in [4.69, 9.17) is 0 Å². The lowest BCUT2D eigenvalue weighted by Gasteiger charge is -1.97. The first kappa shape index (κ1) is 14.5. The first-order valence-corrected chi connectivity index (χ1v) is 4.94. The zero-order valence-electron chi connectivity index (χ0n) is 9.65. The van der Waals surface area contributed by atoms with Gasteiger partial charge in [-0.1, -0.05) is 45.1 Å². The predicted octanol–water partition coefficient (Wildman–Crippen LogP) is 3.66. The molecule has 0 atom stereocenters. The van der Waals surface area contributed by atoms with Crippen LogP contribution in [-0.2, 0) is 0 Å². The zero-order chi connectivity index (χ0) is 10.7. The average Bonchev–Trinajstić information content (AvgIpc) is 2.22. The van der Waals surface area contributed by atoms with Crippen molar-refractivity contribution >= 4 is 0 Å². The fourth-order valence-electron chi connectivity index (χ4n) is 0.709. The molecule has 13 heavy (non-hydrogen) atoms. The summed E-state index contributed by atoms with van der Waals surface area (Å²) < 4.78 is 0. The van der Waals surface area contributed by atoms with Crippen LogP contribution in [0.2, 0.25) is 0 Å². The first-order valence-electron chi connectivity index (χ1n) is 4.94. The van der Waals surface area contributed by atoms with E-state index in [1.165, 1.54) is 5.57 Å². The van der Waals surface area contributed by atoms with Gasteiger partial charge in [-0.15, -0.1) is 0 Å². The van der Waals surface area contributed by atoms with Gasteiger partial charge in [0.05, 0.1) is 0 Å². The number of nitrogens with one attached hydrogen (secondary N) is 1. The van der Waals surface area contributed by atoms with Crippen LogP contribution in [0.25, 0.3) is 0 Å². The van der Waals surface area contributed by atoms with Crippen molar-refractivity contribution in [1.29, 1.82) is 0 Å². The number of hydrogen-bond acceptors (Lipinski definition) is 1. The Morgan fingerprint density at radius 2 is 1.85 bits per heavy atom. The van der Waals surface area contributed by atoms with Gasteiger partial charge >= 0.3 is 0 Å². The van der Waals surface area contributed by atoms with Gasteiger partial charge in [-0.3, -0.25) is 0 Å². The van der Waals surface area contributed by atoms with E-state index in [1.54, 1.807) is 0 Å². The van der Waals surface area contributed by atoms with Crippen molar-refractivity contribution < 1.29 is 0 Å². The van der Waals surface area contributed by atoms with E-state index in [0.29, 0.717) is 0 Å². The summed E-state index contributed by atoms with van der Waals surface area (Å²) in [5, 5.41) is 2.96. The molecule has 0 radical (unpaired) electrons. The molecule has 0 fully saturated rings. The van der Waals surface area contributed by atoms with Gasteiger partial charge in [-0.25, -0.2) is 0 Å². The zero-order valence-corrected chi connectivity index (χ0v) is 9.65. The molecular formula is C12H23N. The molecule has 1 N–H and O–H groups in total. The first-order chi connectivity index (χ1) is 6.24. The molecule has 0 unspecified atom stereocenters. The van der Waals surface area contributed by atoms with Gasteiger partial charge in [0.15, 0.2) is 0 Å². The van der Waals surface area contributed by atoms with E-state index >= 15 is 0 Å². The molecule has 1 nitrogen and oxygen atoms in total. The van der Waals surface area contributed by atoms with Crippen LogP contribution in [0.15, 0.2) is 36.1 Å². The monoisotopic (exact) mass is 181 g/mol. The Morgan fingerprint density at radius 1 is 1.31 bits per heavy atom. The molecule has 1 heteroatoms. The molecule has 0 heterocycles. The minimum atomic E-state index is 0.942. The minimum absolute atomic E-state index is 0.942. The highest BCUT2D eigenvalue weighted by molar-refractivity contribution is 5.24. The van der Waals surface area contributed by atoms with Gasteiger partial charge in [0.2, 0.25) is 0 Å². The molecular weight excluding hydrogens is 158 g/mol. The highest BCUT2D eigenvalue weighted by Gasteiger charge is 1.84. The predicted molar refractivity (Wildman–Crippen MR) is 62.7 cm³/mol. The lowest BCUT2D eigenvalue weighted by atomic mass is 10.2. The molecule has 0 amide bonds. The van der Waals surface area contributed by atoms with Gasteiger partial charge in [0, 0.05) is 12.7 Å². The maximum Gasteiger partial charge on any atom is 0.0264 e. The molecule has 0 aliphatic carbocycles. The number of likely N-dealkylation sites (N-methyl/N-ethyl adjacent to an activating group) is 1. The molecule has 0 aliphatic heterocycles. The average molecular weight is 181 g/mol. The van der Waals surface area contributed by atoms with E-state index in [-0.39, 0.29) is 0 Å². The summed E-state index contributed by atoms with van der Waals surface area (Å²) in [5.41, 5.74) is 2.28. The number of allylic oxidation sites excluding steroid dienone is 4. The third-order valence-corrected chi connectivity index (χ3v) is 1.60. The summed E-state index contributed by atoms with van der Waals surface area (Å²) in [4.78, 5) is 0. The molecule has 0 aromatic heterocycles. The van der Waals surface area contributed by atoms with Crippen LogP contribution in [-0.4, -0.2) is 7.05 Å². The summed E-state index contributed by atoms with van der Waals surface area (Å²) in [6, 6.07) is 0. The Balaban J connectivity index is 0. The molecule has 0 bridgehead atoms. The fraction of sp³-hybridized carbons (Fsp3) is 0.500. The van der Waals surface area contributed by atoms with Gasteiger partial charge in [0.1, 0.15) is 0 Å². The van der Waals surface area contributed by atoms with E-state index in [0.717, 1.165) is 12.1 Å². The quantitative estimate of drug-likeness (QED) is 0.653. The molecule has 0 spiro atoms. The van der Waals surface area contributed by atoms with Crippen LogP contribution in [0.4, 0.5) is 0 Å². The topological polar surface area (TPSA) is 12.0 Å². The van der Waals surface area contributed by atoms with Crippen molar-refractivity contribution in [3.05, 3.63) is 36.1 Å². The SMILES string of the molecule is C=C(/C=C\C(=C/C)CC)NC.CC. The summed E-state index contributed by atoms with van der Waals surface area (Å²) >= 11 is 0. The van der Waals surface area contributed by atoms with Crippen molar-refractivity contribution in [1.82, 2.24) is 5.32 Å². The Labute approximate surface area is 83.2 Å². The highest BCUT2D eigenvalue weighted by atomic mass is 14.8. The fourth-order valence-corrected chi connectivity index (χ4v) is 0.709. The largest absolute Gasteiger partial charge is 0.389 e. The van der Waals surface area contributed by atoms with Crippen LogP contribution in [0.5, 0.6) is 0 Å². The van der Waals surface area contributed by atoms with Crippen LogP contribution in [0, 0.1) is 0 Å². The van der Waals surface area contributed by atoms with Crippen LogP contribution < -0.4 is 5.32 Å². The van der Waals surface area contributed by atoms with E-state index in [2.05, 4.69) is 31.0 Å². The molecule has 0 rings (SSSR count).